The van der Waals surface area contributed by atoms with Gasteiger partial charge in [-0.25, -0.2) is 0 Å². The van der Waals surface area contributed by atoms with E-state index in [0.717, 1.165) is 12.1 Å². The van der Waals surface area contributed by atoms with Crippen LogP contribution >= 0.6 is 27.3 Å². The van der Waals surface area contributed by atoms with Gasteiger partial charge in [-0.3, -0.25) is 4.79 Å². The molecule has 0 aromatic carbocycles. The van der Waals surface area contributed by atoms with Gasteiger partial charge >= 0.3 is 0 Å². The molecule has 1 amide bonds. The zero-order valence-corrected chi connectivity index (χ0v) is 10.6. The topological polar surface area (TPSA) is 42.0 Å². The van der Waals surface area contributed by atoms with Crippen molar-refractivity contribution >= 4 is 38.9 Å². The fourth-order valence-electron chi connectivity index (χ4n) is 1.14. The molecule has 0 unspecified atom stereocenters. The molecule has 0 fully saturated rings. The average molecular weight is 319 g/mol. The fourth-order valence-corrected chi connectivity index (χ4v) is 2.59. The van der Waals surface area contributed by atoms with Gasteiger partial charge in [0.2, 0.25) is 11.9 Å². The number of hydrogen-bond donors (Lipinski definition) is 1. The van der Waals surface area contributed by atoms with Crippen molar-refractivity contribution in [3.05, 3.63) is 44.8 Å². The molecule has 0 atom stereocenters. The van der Waals surface area contributed by atoms with Gasteiger partial charge in [-0.05, 0) is 39.5 Å². The van der Waals surface area contributed by atoms with Crippen LogP contribution in [0.3, 0.4) is 0 Å². The van der Waals surface area contributed by atoms with Crippen LogP contribution in [0.5, 0.6) is 0 Å². The van der Waals surface area contributed by atoms with Gasteiger partial charge in [0.05, 0.1) is 5.69 Å². The van der Waals surface area contributed by atoms with Gasteiger partial charge in [0, 0.05) is 4.47 Å². The molecule has 0 aliphatic carbocycles. The van der Waals surface area contributed by atoms with Crippen molar-refractivity contribution in [3.63, 3.8) is 0 Å². The zero-order valence-electron chi connectivity index (χ0n) is 8.21. The number of nitrogens with zero attached hydrogens (tertiary/aromatic N) is 1. The Kier molecular flexibility index (Phi) is 3.49. The molecule has 3 nitrogen and oxygen atoms in total. The molecule has 0 aliphatic heterocycles. The molecule has 0 aliphatic rings. The maximum absolute atomic E-state index is 13.2. The van der Waals surface area contributed by atoms with Crippen LogP contribution < -0.4 is 5.32 Å². The third-order valence-electron chi connectivity index (χ3n) is 1.89. The van der Waals surface area contributed by atoms with E-state index in [1.54, 1.807) is 11.4 Å². The summed E-state index contributed by atoms with van der Waals surface area (Å²) >= 11 is 4.40. The lowest BCUT2D eigenvalue weighted by Gasteiger charge is -2.04. The van der Waals surface area contributed by atoms with Gasteiger partial charge in [-0.1, -0.05) is 0 Å². The van der Waals surface area contributed by atoms with E-state index in [0.29, 0.717) is 9.35 Å². The van der Waals surface area contributed by atoms with Crippen LogP contribution in [0, 0.1) is 11.9 Å². The second kappa shape index (κ2) is 4.89. The number of hydrogen-bond acceptors (Lipinski definition) is 3. The Morgan fingerprint density at radius 3 is 2.71 bits per heavy atom. The first-order valence-electron chi connectivity index (χ1n) is 4.44. The van der Waals surface area contributed by atoms with E-state index in [1.807, 2.05) is 0 Å². The molecule has 2 aromatic heterocycles. The standard InChI is InChI=1S/C10H5BrF2N2OS/c11-5-3-4-17-8(5)10(16)14-6-1-2-7(12)15-9(6)13/h1-4H,(H,14,16). The molecule has 2 heterocycles. The van der Waals surface area contributed by atoms with Gasteiger partial charge in [0.25, 0.3) is 5.91 Å². The summed E-state index contributed by atoms with van der Waals surface area (Å²) in [6.07, 6.45) is 0. The first-order chi connectivity index (χ1) is 8.08. The monoisotopic (exact) mass is 318 g/mol. The molecule has 2 aromatic rings. The lowest BCUT2D eigenvalue weighted by molar-refractivity contribution is 0.102. The maximum atomic E-state index is 13.2. The first-order valence-corrected chi connectivity index (χ1v) is 6.11. The number of pyridine rings is 1. The van der Waals surface area contributed by atoms with Crippen molar-refractivity contribution in [2.75, 3.05) is 5.32 Å². The average Bonchev–Trinajstić information content (AvgIpc) is 2.68. The highest BCUT2D eigenvalue weighted by Gasteiger charge is 2.14. The summed E-state index contributed by atoms with van der Waals surface area (Å²) in [5.41, 5.74) is -0.156. The molecule has 7 heteroatoms. The summed E-state index contributed by atoms with van der Waals surface area (Å²) < 4.78 is 26.4. The van der Waals surface area contributed by atoms with Crippen LogP contribution in [0.25, 0.3) is 0 Å². The zero-order chi connectivity index (χ0) is 12.4. The molecule has 0 saturated heterocycles. The van der Waals surface area contributed by atoms with Crippen LogP contribution in [-0.2, 0) is 0 Å². The summed E-state index contributed by atoms with van der Waals surface area (Å²) in [7, 11) is 0. The van der Waals surface area contributed by atoms with E-state index in [4.69, 9.17) is 0 Å². The molecule has 2 rings (SSSR count). The van der Waals surface area contributed by atoms with E-state index in [1.165, 1.54) is 11.3 Å². The predicted octanol–water partition coefficient (Wildman–Crippen LogP) is 3.44. The molecule has 0 radical (unpaired) electrons. The summed E-state index contributed by atoms with van der Waals surface area (Å²) in [6, 6.07) is 3.80. The summed E-state index contributed by atoms with van der Waals surface area (Å²) in [5, 5.41) is 4.04. The minimum Gasteiger partial charge on any atom is -0.317 e. The molecule has 0 saturated carbocycles. The maximum Gasteiger partial charge on any atom is 0.267 e. The first kappa shape index (κ1) is 12.1. The van der Waals surface area contributed by atoms with Gasteiger partial charge in [0.15, 0.2) is 0 Å². The second-order valence-electron chi connectivity index (χ2n) is 3.02. The molecule has 88 valence electrons. The third kappa shape index (κ3) is 2.67. The quantitative estimate of drug-likeness (QED) is 0.862. The fraction of sp³-hybridized carbons (Fsp3) is 0. The van der Waals surface area contributed by atoms with E-state index in [2.05, 4.69) is 26.2 Å². The number of amides is 1. The molecule has 0 bridgehead atoms. The van der Waals surface area contributed by atoms with E-state index >= 15 is 0 Å². The SMILES string of the molecule is O=C(Nc1ccc(F)nc1F)c1sccc1Br. The number of thiophene rings is 1. The smallest absolute Gasteiger partial charge is 0.267 e. The van der Waals surface area contributed by atoms with Crippen molar-refractivity contribution in [3.8, 4) is 0 Å². The Labute approximate surface area is 108 Å². The van der Waals surface area contributed by atoms with Crippen molar-refractivity contribution in [2.24, 2.45) is 0 Å². The number of rotatable bonds is 2. The van der Waals surface area contributed by atoms with Crippen molar-refractivity contribution in [1.82, 2.24) is 4.98 Å². The molecule has 0 spiro atoms. The van der Waals surface area contributed by atoms with Crippen LogP contribution in [0.15, 0.2) is 28.1 Å². The van der Waals surface area contributed by atoms with Crippen LogP contribution in [0.1, 0.15) is 9.67 Å². The lowest BCUT2D eigenvalue weighted by Crippen LogP contribution is -2.12. The minimum absolute atomic E-state index is 0.156. The molecule has 1 N–H and O–H groups in total. The largest absolute Gasteiger partial charge is 0.317 e. The number of aromatic nitrogens is 1. The summed E-state index contributed by atoms with van der Waals surface area (Å²) in [4.78, 5) is 15.1. The van der Waals surface area contributed by atoms with E-state index in [-0.39, 0.29) is 5.69 Å². The highest BCUT2D eigenvalue weighted by atomic mass is 79.9. The van der Waals surface area contributed by atoms with Gasteiger partial charge in [-0.2, -0.15) is 13.8 Å². The van der Waals surface area contributed by atoms with Crippen LogP contribution in [0.2, 0.25) is 0 Å². The molecular formula is C10H5BrF2N2OS. The molecule has 17 heavy (non-hydrogen) atoms. The number of halogens is 3. The highest BCUT2D eigenvalue weighted by Crippen LogP contribution is 2.24. The second-order valence-corrected chi connectivity index (χ2v) is 4.79. The Balaban J connectivity index is 2.22. The van der Waals surface area contributed by atoms with Crippen LogP contribution in [0.4, 0.5) is 14.5 Å². The Bertz CT molecular complexity index is 573. The number of carbonyl (C=O) groups excluding carboxylic acids is 1. The Hall–Kier alpha value is -1.34. The molecular weight excluding hydrogens is 314 g/mol. The van der Waals surface area contributed by atoms with Crippen molar-refractivity contribution < 1.29 is 13.6 Å². The van der Waals surface area contributed by atoms with E-state index in [9.17, 15) is 13.6 Å². The summed E-state index contributed by atoms with van der Waals surface area (Å²) in [6.45, 7) is 0. The predicted molar refractivity (Wildman–Crippen MR) is 64.1 cm³/mol. The Morgan fingerprint density at radius 1 is 1.35 bits per heavy atom. The minimum atomic E-state index is -1.05. The number of nitrogens with one attached hydrogen (secondary N) is 1. The van der Waals surface area contributed by atoms with Gasteiger partial charge < -0.3 is 5.32 Å². The highest BCUT2D eigenvalue weighted by molar-refractivity contribution is 9.10. The number of carbonyl (C=O) groups is 1. The van der Waals surface area contributed by atoms with Crippen molar-refractivity contribution in [1.29, 1.82) is 0 Å². The normalized spacial score (nSPS) is 10.3. The van der Waals surface area contributed by atoms with Gasteiger partial charge in [-0.15, -0.1) is 11.3 Å². The van der Waals surface area contributed by atoms with Crippen molar-refractivity contribution in [2.45, 2.75) is 0 Å². The van der Waals surface area contributed by atoms with Gasteiger partial charge in [0.1, 0.15) is 4.88 Å². The van der Waals surface area contributed by atoms with E-state index < -0.39 is 17.8 Å². The number of anilines is 1. The summed E-state index contributed by atoms with van der Waals surface area (Å²) in [5.74, 6) is -2.46. The third-order valence-corrected chi connectivity index (χ3v) is 3.72. The lowest BCUT2D eigenvalue weighted by atomic mass is 10.3. The Morgan fingerprint density at radius 2 is 2.12 bits per heavy atom. The van der Waals surface area contributed by atoms with Crippen LogP contribution in [-0.4, -0.2) is 10.9 Å².